The Morgan fingerprint density at radius 3 is 2.61 bits per heavy atom. The molecule has 0 atom stereocenters. The fraction of sp³-hybridized carbons (Fsp3) is 0.182. The quantitative estimate of drug-likeness (QED) is 0.895. The number of aliphatic carboxylic acids is 1. The van der Waals surface area contributed by atoms with Crippen molar-refractivity contribution in [1.82, 2.24) is 9.97 Å². The van der Waals surface area contributed by atoms with Crippen LogP contribution in [0.2, 0.25) is 0 Å². The maximum absolute atomic E-state index is 12.7. The Labute approximate surface area is 99.1 Å². The Morgan fingerprint density at radius 2 is 2.00 bits per heavy atom. The number of aromatic nitrogens is 2. The maximum Gasteiger partial charge on any atom is 0.418 e. The van der Waals surface area contributed by atoms with Crippen molar-refractivity contribution >= 4 is 16.9 Å². The summed E-state index contributed by atoms with van der Waals surface area (Å²) in [6.45, 7) is 0. The van der Waals surface area contributed by atoms with Gasteiger partial charge in [0.2, 0.25) is 0 Å². The highest BCUT2D eigenvalue weighted by Gasteiger charge is 2.33. The monoisotopic (exact) mass is 256 g/mol. The summed E-state index contributed by atoms with van der Waals surface area (Å²) in [4.78, 5) is 17.9. The predicted octanol–water partition coefficient (Wildman–Crippen LogP) is 2.28. The van der Waals surface area contributed by atoms with E-state index in [1.807, 2.05) is 0 Å². The number of para-hydroxylation sites is 1. The van der Waals surface area contributed by atoms with Crippen molar-refractivity contribution in [1.29, 1.82) is 0 Å². The summed E-state index contributed by atoms with van der Waals surface area (Å²) in [5.74, 6) is -1.16. The molecule has 0 saturated heterocycles. The second kappa shape index (κ2) is 4.25. The van der Waals surface area contributed by atoms with Crippen LogP contribution in [-0.2, 0) is 17.4 Å². The summed E-state index contributed by atoms with van der Waals surface area (Å²) in [6, 6.07) is 3.49. The molecule has 0 radical (unpaired) electrons. The van der Waals surface area contributed by atoms with Crippen LogP contribution >= 0.6 is 0 Å². The molecule has 1 aromatic carbocycles. The van der Waals surface area contributed by atoms with E-state index in [0.717, 1.165) is 12.4 Å². The SMILES string of the molecule is O=C(O)Cc1ncnc2c(C(F)(F)F)cccc12. The highest BCUT2D eigenvalue weighted by molar-refractivity contribution is 5.87. The molecule has 1 aromatic heterocycles. The zero-order chi connectivity index (χ0) is 13.3. The van der Waals surface area contributed by atoms with Gasteiger partial charge in [-0.2, -0.15) is 13.2 Å². The molecule has 0 aliphatic heterocycles. The Morgan fingerprint density at radius 1 is 1.28 bits per heavy atom. The zero-order valence-corrected chi connectivity index (χ0v) is 8.90. The maximum atomic E-state index is 12.7. The summed E-state index contributed by atoms with van der Waals surface area (Å²) >= 11 is 0. The highest BCUT2D eigenvalue weighted by Crippen LogP contribution is 2.34. The molecule has 4 nitrogen and oxygen atoms in total. The lowest BCUT2D eigenvalue weighted by atomic mass is 10.1. The largest absolute Gasteiger partial charge is 0.481 e. The van der Waals surface area contributed by atoms with Crippen LogP contribution in [0.5, 0.6) is 0 Å². The number of hydrogen-bond donors (Lipinski definition) is 1. The first-order valence-electron chi connectivity index (χ1n) is 4.91. The molecule has 0 saturated carbocycles. The number of carboxylic acid groups (broad SMARTS) is 1. The van der Waals surface area contributed by atoms with Gasteiger partial charge in [0.05, 0.1) is 23.2 Å². The van der Waals surface area contributed by atoms with Crippen molar-refractivity contribution in [2.45, 2.75) is 12.6 Å². The average molecular weight is 256 g/mol. The van der Waals surface area contributed by atoms with Gasteiger partial charge < -0.3 is 5.11 Å². The Kier molecular flexibility index (Phi) is 2.90. The van der Waals surface area contributed by atoms with Crippen LogP contribution < -0.4 is 0 Å². The van der Waals surface area contributed by atoms with Gasteiger partial charge in [-0.05, 0) is 6.07 Å². The zero-order valence-electron chi connectivity index (χ0n) is 8.90. The topological polar surface area (TPSA) is 63.1 Å². The van der Waals surface area contributed by atoms with Gasteiger partial charge in [-0.1, -0.05) is 12.1 Å². The molecule has 0 spiro atoms. The van der Waals surface area contributed by atoms with Crippen molar-refractivity contribution in [3.05, 3.63) is 35.8 Å². The lowest BCUT2D eigenvalue weighted by Crippen LogP contribution is -2.09. The number of carboxylic acids is 1. The van der Waals surface area contributed by atoms with Crippen molar-refractivity contribution in [2.24, 2.45) is 0 Å². The molecule has 0 aliphatic rings. The molecule has 94 valence electrons. The lowest BCUT2D eigenvalue weighted by Gasteiger charge is -2.10. The van der Waals surface area contributed by atoms with Crippen LogP contribution in [-0.4, -0.2) is 21.0 Å². The molecular weight excluding hydrogens is 249 g/mol. The van der Waals surface area contributed by atoms with Gasteiger partial charge in [-0.25, -0.2) is 9.97 Å². The molecular formula is C11H7F3N2O2. The number of fused-ring (bicyclic) bond motifs is 1. The molecule has 1 N–H and O–H groups in total. The number of hydrogen-bond acceptors (Lipinski definition) is 3. The van der Waals surface area contributed by atoms with E-state index in [9.17, 15) is 18.0 Å². The standard InChI is InChI=1S/C11H7F3N2O2/c12-11(13,14)7-3-1-2-6-8(4-9(17)18)15-5-16-10(6)7/h1-3,5H,4H2,(H,17,18). The second-order valence-corrected chi connectivity index (χ2v) is 3.59. The summed E-state index contributed by atoms with van der Waals surface area (Å²) in [5.41, 5.74) is -1.11. The number of nitrogens with zero attached hydrogens (tertiary/aromatic N) is 2. The minimum Gasteiger partial charge on any atom is -0.481 e. The Balaban J connectivity index is 2.69. The molecule has 0 bridgehead atoms. The minimum atomic E-state index is -4.53. The van der Waals surface area contributed by atoms with Gasteiger partial charge in [-0.15, -0.1) is 0 Å². The molecule has 1 heterocycles. The summed E-state index contributed by atoms with van der Waals surface area (Å²) in [7, 11) is 0. The molecule has 0 aliphatic carbocycles. The Hall–Kier alpha value is -2.18. The fourth-order valence-corrected chi connectivity index (χ4v) is 1.65. The summed E-state index contributed by atoms with van der Waals surface area (Å²) < 4.78 is 38.2. The molecule has 2 aromatic rings. The van der Waals surface area contributed by atoms with Crippen LogP contribution in [0.3, 0.4) is 0 Å². The van der Waals surface area contributed by atoms with E-state index < -0.39 is 24.1 Å². The van der Waals surface area contributed by atoms with Crippen LogP contribution in [0.25, 0.3) is 10.9 Å². The predicted molar refractivity (Wildman–Crippen MR) is 55.9 cm³/mol. The van der Waals surface area contributed by atoms with E-state index in [4.69, 9.17) is 5.11 Å². The Bertz CT molecular complexity index is 611. The number of rotatable bonds is 2. The molecule has 0 fully saturated rings. The molecule has 18 heavy (non-hydrogen) atoms. The van der Waals surface area contributed by atoms with E-state index in [-0.39, 0.29) is 16.6 Å². The normalized spacial score (nSPS) is 11.7. The number of benzene rings is 1. The fourth-order valence-electron chi connectivity index (χ4n) is 1.65. The first kappa shape index (κ1) is 12.3. The van der Waals surface area contributed by atoms with E-state index in [2.05, 4.69) is 9.97 Å². The lowest BCUT2D eigenvalue weighted by molar-refractivity contribution is -0.137. The van der Waals surface area contributed by atoms with Crippen LogP contribution in [0.1, 0.15) is 11.3 Å². The minimum absolute atomic E-state index is 0.0681. The van der Waals surface area contributed by atoms with Gasteiger partial charge in [0, 0.05) is 5.39 Å². The number of halogens is 3. The molecule has 0 unspecified atom stereocenters. The third-order valence-electron chi connectivity index (χ3n) is 2.37. The van der Waals surface area contributed by atoms with E-state index >= 15 is 0 Å². The summed E-state index contributed by atoms with van der Waals surface area (Å²) in [5, 5.41) is 8.78. The highest BCUT2D eigenvalue weighted by atomic mass is 19.4. The van der Waals surface area contributed by atoms with Gasteiger partial charge >= 0.3 is 12.1 Å². The number of alkyl halides is 3. The van der Waals surface area contributed by atoms with Crippen molar-refractivity contribution in [3.63, 3.8) is 0 Å². The van der Waals surface area contributed by atoms with E-state index in [0.29, 0.717) is 0 Å². The smallest absolute Gasteiger partial charge is 0.418 e. The molecule has 0 amide bonds. The van der Waals surface area contributed by atoms with Gasteiger partial charge in [0.25, 0.3) is 0 Å². The van der Waals surface area contributed by atoms with Crippen LogP contribution in [0, 0.1) is 0 Å². The average Bonchev–Trinajstić information content (AvgIpc) is 2.26. The number of carbonyl (C=O) groups is 1. The van der Waals surface area contributed by atoms with Crippen LogP contribution in [0.4, 0.5) is 13.2 Å². The molecule has 7 heteroatoms. The first-order valence-corrected chi connectivity index (χ1v) is 4.91. The third-order valence-corrected chi connectivity index (χ3v) is 2.37. The second-order valence-electron chi connectivity index (χ2n) is 3.59. The van der Waals surface area contributed by atoms with Crippen molar-refractivity contribution in [2.75, 3.05) is 0 Å². The van der Waals surface area contributed by atoms with Gasteiger partial charge in [0.15, 0.2) is 0 Å². The summed E-state index contributed by atoms with van der Waals surface area (Å²) in [6.07, 6.45) is -4.04. The molecule has 2 rings (SSSR count). The van der Waals surface area contributed by atoms with Crippen LogP contribution in [0.15, 0.2) is 24.5 Å². The van der Waals surface area contributed by atoms with Crippen molar-refractivity contribution in [3.8, 4) is 0 Å². The van der Waals surface area contributed by atoms with E-state index in [1.165, 1.54) is 12.1 Å². The third kappa shape index (κ3) is 2.24. The van der Waals surface area contributed by atoms with Gasteiger partial charge in [-0.3, -0.25) is 4.79 Å². The first-order chi connectivity index (χ1) is 8.39. The van der Waals surface area contributed by atoms with Gasteiger partial charge in [0.1, 0.15) is 6.33 Å². The van der Waals surface area contributed by atoms with E-state index in [1.54, 1.807) is 0 Å². The van der Waals surface area contributed by atoms with Crippen molar-refractivity contribution < 1.29 is 23.1 Å².